The number of sulfonamides is 1. The van der Waals surface area contributed by atoms with Crippen molar-refractivity contribution in [3.8, 4) is 5.75 Å². The summed E-state index contributed by atoms with van der Waals surface area (Å²) < 4.78 is 31.8. The zero-order chi connectivity index (χ0) is 13.9. The van der Waals surface area contributed by atoms with Crippen molar-refractivity contribution in [3.05, 3.63) is 18.2 Å². The first-order valence-electron chi connectivity index (χ1n) is 6.46. The van der Waals surface area contributed by atoms with Crippen molar-refractivity contribution in [2.75, 3.05) is 19.4 Å². The topological polar surface area (TPSA) is 81.4 Å². The third-order valence-corrected chi connectivity index (χ3v) is 5.04. The fraction of sp³-hybridized carbons (Fsp3) is 0.538. The molecular weight excluding hydrogens is 264 g/mol. The summed E-state index contributed by atoms with van der Waals surface area (Å²) in [7, 11) is -2.01. The second kappa shape index (κ2) is 5.79. The average Bonchev–Trinajstić information content (AvgIpc) is 2.32. The first kappa shape index (κ1) is 14.1. The highest BCUT2D eigenvalue weighted by atomic mass is 32.2. The van der Waals surface area contributed by atoms with Crippen molar-refractivity contribution in [2.24, 2.45) is 5.92 Å². The van der Waals surface area contributed by atoms with Gasteiger partial charge in [0, 0.05) is 12.6 Å². The van der Waals surface area contributed by atoms with Crippen LogP contribution in [0.15, 0.2) is 23.1 Å². The van der Waals surface area contributed by atoms with Gasteiger partial charge < -0.3 is 10.5 Å². The molecule has 1 aromatic carbocycles. The molecule has 0 atom stereocenters. The molecule has 0 aliphatic heterocycles. The molecule has 0 radical (unpaired) electrons. The Balaban J connectivity index is 2.01. The van der Waals surface area contributed by atoms with Crippen molar-refractivity contribution in [1.29, 1.82) is 0 Å². The fourth-order valence-corrected chi connectivity index (χ4v) is 3.18. The Hall–Kier alpha value is -1.27. The summed E-state index contributed by atoms with van der Waals surface area (Å²) in [6.07, 6.45) is 4.62. The number of methoxy groups -OCH3 is 1. The van der Waals surface area contributed by atoms with Crippen LogP contribution in [-0.4, -0.2) is 22.1 Å². The summed E-state index contributed by atoms with van der Waals surface area (Å²) in [6, 6.07) is 4.48. The maximum atomic E-state index is 12.1. The maximum Gasteiger partial charge on any atom is 0.240 e. The number of ether oxygens (including phenoxy) is 1. The van der Waals surface area contributed by atoms with Gasteiger partial charge in [-0.2, -0.15) is 0 Å². The SMILES string of the molecule is COc1cc(S(=O)(=O)NCCC2CCC2)ccc1N. The highest BCUT2D eigenvalue weighted by Crippen LogP contribution is 2.29. The minimum atomic E-state index is -3.47. The molecule has 0 heterocycles. The number of rotatable bonds is 6. The van der Waals surface area contributed by atoms with Crippen LogP contribution in [0.3, 0.4) is 0 Å². The Morgan fingerprint density at radius 2 is 2.16 bits per heavy atom. The van der Waals surface area contributed by atoms with Gasteiger partial charge in [0.05, 0.1) is 17.7 Å². The monoisotopic (exact) mass is 284 g/mol. The molecule has 0 spiro atoms. The van der Waals surface area contributed by atoms with E-state index in [0.717, 1.165) is 6.42 Å². The Morgan fingerprint density at radius 3 is 2.74 bits per heavy atom. The summed E-state index contributed by atoms with van der Waals surface area (Å²) in [5.41, 5.74) is 6.10. The molecule has 1 saturated carbocycles. The van der Waals surface area contributed by atoms with Gasteiger partial charge in [-0.15, -0.1) is 0 Å². The number of hydrogen-bond acceptors (Lipinski definition) is 4. The number of anilines is 1. The highest BCUT2D eigenvalue weighted by molar-refractivity contribution is 7.89. The minimum Gasteiger partial charge on any atom is -0.495 e. The average molecular weight is 284 g/mol. The van der Waals surface area contributed by atoms with Gasteiger partial charge >= 0.3 is 0 Å². The molecule has 2 rings (SSSR count). The molecule has 0 aromatic heterocycles. The molecule has 0 amide bonds. The molecule has 6 heteroatoms. The Kier molecular flexibility index (Phi) is 4.31. The van der Waals surface area contributed by atoms with Crippen LogP contribution < -0.4 is 15.2 Å². The van der Waals surface area contributed by atoms with E-state index in [4.69, 9.17) is 10.5 Å². The molecule has 0 bridgehead atoms. The third kappa shape index (κ3) is 3.39. The van der Waals surface area contributed by atoms with Crippen LogP contribution in [0.25, 0.3) is 0 Å². The van der Waals surface area contributed by atoms with Crippen LogP contribution in [-0.2, 0) is 10.0 Å². The van der Waals surface area contributed by atoms with Gasteiger partial charge in [-0.05, 0) is 24.5 Å². The normalized spacial score (nSPS) is 16.1. The number of nitrogens with two attached hydrogens (primary N) is 1. The van der Waals surface area contributed by atoms with Crippen LogP contribution in [0.4, 0.5) is 5.69 Å². The van der Waals surface area contributed by atoms with Crippen molar-refractivity contribution in [2.45, 2.75) is 30.6 Å². The third-order valence-electron chi connectivity index (χ3n) is 3.58. The first-order chi connectivity index (χ1) is 9.03. The van der Waals surface area contributed by atoms with E-state index in [9.17, 15) is 8.42 Å². The van der Waals surface area contributed by atoms with Crippen molar-refractivity contribution >= 4 is 15.7 Å². The first-order valence-corrected chi connectivity index (χ1v) is 7.94. The number of nitrogen functional groups attached to an aromatic ring is 1. The molecule has 1 aliphatic rings. The van der Waals surface area contributed by atoms with Crippen molar-refractivity contribution < 1.29 is 13.2 Å². The summed E-state index contributed by atoms with van der Waals surface area (Å²) >= 11 is 0. The lowest BCUT2D eigenvalue weighted by atomic mass is 9.83. The van der Waals surface area contributed by atoms with Crippen LogP contribution in [0.5, 0.6) is 5.75 Å². The Bertz CT molecular complexity index is 539. The zero-order valence-corrected chi connectivity index (χ0v) is 11.9. The van der Waals surface area contributed by atoms with E-state index in [0.29, 0.717) is 23.9 Å². The van der Waals surface area contributed by atoms with Gasteiger partial charge in [0.25, 0.3) is 0 Å². The number of nitrogens with one attached hydrogen (secondary N) is 1. The lowest BCUT2D eigenvalue weighted by Gasteiger charge is -2.25. The van der Waals surface area contributed by atoms with Gasteiger partial charge in [-0.25, -0.2) is 13.1 Å². The van der Waals surface area contributed by atoms with E-state index in [1.165, 1.54) is 38.5 Å². The molecule has 1 aromatic rings. The van der Waals surface area contributed by atoms with E-state index in [-0.39, 0.29) is 4.90 Å². The van der Waals surface area contributed by atoms with E-state index in [1.807, 2.05) is 0 Å². The molecule has 106 valence electrons. The largest absolute Gasteiger partial charge is 0.495 e. The zero-order valence-electron chi connectivity index (χ0n) is 11.1. The van der Waals surface area contributed by atoms with Crippen LogP contribution in [0.2, 0.25) is 0 Å². The van der Waals surface area contributed by atoms with E-state index in [2.05, 4.69) is 4.72 Å². The van der Waals surface area contributed by atoms with Gasteiger partial charge in [-0.3, -0.25) is 0 Å². The summed E-state index contributed by atoms with van der Waals surface area (Å²) in [5.74, 6) is 1.06. The van der Waals surface area contributed by atoms with Gasteiger partial charge in [0.15, 0.2) is 0 Å². The molecular formula is C13H20N2O3S. The molecule has 3 N–H and O–H groups in total. The molecule has 0 unspecified atom stereocenters. The summed E-state index contributed by atoms with van der Waals surface area (Å²) in [5, 5.41) is 0. The standard InChI is InChI=1S/C13H20N2O3S/c1-18-13-9-11(5-6-12(13)14)19(16,17)15-8-7-10-3-2-4-10/h5-6,9-10,15H,2-4,7-8,14H2,1H3. The molecule has 19 heavy (non-hydrogen) atoms. The summed E-state index contributed by atoms with van der Waals surface area (Å²) in [6.45, 7) is 0.486. The fourth-order valence-electron chi connectivity index (χ4n) is 2.12. The van der Waals surface area contributed by atoms with E-state index in [1.54, 1.807) is 6.07 Å². The molecule has 0 saturated heterocycles. The van der Waals surface area contributed by atoms with Crippen molar-refractivity contribution in [1.82, 2.24) is 4.72 Å². The number of hydrogen-bond donors (Lipinski definition) is 2. The molecule has 1 aliphatic carbocycles. The van der Waals surface area contributed by atoms with Crippen LogP contribution >= 0.6 is 0 Å². The van der Waals surface area contributed by atoms with Crippen LogP contribution in [0, 0.1) is 5.92 Å². The van der Waals surface area contributed by atoms with E-state index < -0.39 is 10.0 Å². The summed E-state index contributed by atoms with van der Waals surface area (Å²) in [4.78, 5) is 0.187. The lowest BCUT2D eigenvalue weighted by molar-refractivity contribution is 0.297. The van der Waals surface area contributed by atoms with Crippen molar-refractivity contribution in [3.63, 3.8) is 0 Å². The lowest BCUT2D eigenvalue weighted by Crippen LogP contribution is -2.27. The molecule has 5 nitrogen and oxygen atoms in total. The van der Waals surface area contributed by atoms with Gasteiger partial charge in [0.1, 0.15) is 5.75 Å². The van der Waals surface area contributed by atoms with Crippen LogP contribution in [0.1, 0.15) is 25.7 Å². The highest BCUT2D eigenvalue weighted by Gasteiger charge is 2.19. The Morgan fingerprint density at radius 1 is 1.42 bits per heavy atom. The predicted octanol–water partition coefficient (Wildman–Crippen LogP) is 1.75. The minimum absolute atomic E-state index is 0.187. The smallest absolute Gasteiger partial charge is 0.240 e. The molecule has 1 fully saturated rings. The van der Waals surface area contributed by atoms with Gasteiger partial charge in [0.2, 0.25) is 10.0 Å². The maximum absolute atomic E-state index is 12.1. The number of benzene rings is 1. The predicted molar refractivity (Wildman–Crippen MR) is 74.6 cm³/mol. The quantitative estimate of drug-likeness (QED) is 0.780. The second-order valence-electron chi connectivity index (χ2n) is 4.89. The second-order valence-corrected chi connectivity index (χ2v) is 6.65. The Labute approximate surface area is 114 Å². The van der Waals surface area contributed by atoms with Gasteiger partial charge in [-0.1, -0.05) is 19.3 Å². The van der Waals surface area contributed by atoms with E-state index >= 15 is 0 Å².